The zero-order valence-electron chi connectivity index (χ0n) is 16.5. The highest BCUT2D eigenvalue weighted by Crippen LogP contribution is 2.32. The van der Waals surface area contributed by atoms with Crippen LogP contribution in [0, 0.1) is 0 Å². The van der Waals surface area contributed by atoms with Crippen molar-refractivity contribution < 1.29 is 22.7 Å². The molecule has 3 aromatic rings. The molecule has 8 heteroatoms. The fourth-order valence-electron chi connectivity index (χ4n) is 2.90. The van der Waals surface area contributed by atoms with E-state index in [2.05, 4.69) is 5.10 Å². The molecule has 1 aromatic heterocycles. The highest BCUT2D eigenvalue weighted by atomic mass is 32.2. The fraction of sp³-hybridized carbons (Fsp3) is 0.238. The van der Waals surface area contributed by atoms with Gasteiger partial charge in [-0.05, 0) is 36.8 Å². The molecular formula is C21H22N2O5S. The van der Waals surface area contributed by atoms with Crippen molar-refractivity contribution in [1.29, 1.82) is 0 Å². The summed E-state index contributed by atoms with van der Waals surface area (Å²) in [5.41, 5.74) is 3.08. The lowest BCUT2D eigenvalue weighted by Crippen LogP contribution is -2.13. The van der Waals surface area contributed by atoms with Gasteiger partial charge in [0.15, 0.2) is 9.84 Å². The van der Waals surface area contributed by atoms with Crippen molar-refractivity contribution >= 4 is 15.8 Å². The molecule has 0 saturated heterocycles. The summed E-state index contributed by atoms with van der Waals surface area (Å²) in [6.07, 6.45) is 2.94. The van der Waals surface area contributed by atoms with Gasteiger partial charge in [-0.15, -0.1) is 0 Å². The van der Waals surface area contributed by atoms with Gasteiger partial charge in [-0.25, -0.2) is 8.42 Å². The maximum atomic E-state index is 11.9. The standard InChI is InChI=1S/C21H22N2O5S/c1-4-28-20(24)14-23-13-19(15-5-9-17(27-2)10-6-15)21(22-23)16-7-11-18(12-8-16)29(3,25)26/h5-13H,4,14H2,1-3H3. The van der Waals surface area contributed by atoms with Crippen LogP contribution < -0.4 is 4.74 Å². The van der Waals surface area contributed by atoms with Crippen LogP contribution in [0.4, 0.5) is 0 Å². The van der Waals surface area contributed by atoms with E-state index in [1.807, 2.05) is 24.3 Å². The van der Waals surface area contributed by atoms with Crippen LogP contribution in [-0.4, -0.2) is 44.1 Å². The molecule has 2 aromatic carbocycles. The molecule has 0 bridgehead atoms. The Morgan fingerprint density at radius 1 is 1.03 bits per heavy atom. The maximum absolute atomic E-state index is 11.9. The number of carbonyl (C=O) groups is 1. The zero-order chi connectivity index (χ0) is 21.0. The largest absolute Gasteiger partial charge is 0.497 e. The number of aromatic nitrogens is 2. The second kappa shape index (κ2) is 8.48. The Hall–Kier alpha value is -3.13. The van der Waals surface area contributed by atoms with E-state index in [-0.39, 0.29) is 17.4 Å². The first-order valence-corrected chi connectivity index (χ1v) is 10.9. The lowest BCUT2D eigenvalue weighted by Gasteiger charge is -2.05. The van der Waals surface area contributed by atoms with Crippen molar-refractivity contribution in [3.05, 3.63) is 54.7 Å². The normalized spacial score (nSPS) is 11.3. The van der Waals surface area contributed by atoms with Crippen LogP contribution in [0.15, 0.2) is 59.6 Å². The number of carbonyl (C=O) groups excluding carboxylic acids is 1. The third kappa shape index (κ3) is 4.83. The molecule has 7 nitrogen and oxygen atoms in total. The van der Waals surface area contributed by atoms with Gasteiger partial charge in [0.25, 0.3) is 0 Å². The van der Waals surface area contributed by atoms with E-state index in [0.29, 0.717) is 12.3 Å². The first kappa shape index (κ1) is 20.6. The molecule has 0 spiro atoms. The lowest BCUT2D eigenvalue weighted by atomic mass is 10.0. The molecule has 0 atom stereocenters. The van der Waals surface area contributed by atoms with Gasteiger partial charge in [0.2, 0.25) is 0 Å². The first-order valence-electron chi connectivity index (χ1n) is 9.00. The van der Waals surface area contributed by atoms with Gasteiger partial charge in [0, 0.05) is 23.6 Å². The number of rotatable bonds is 7. The van der Waals surface area contributed by atoms with E-state index in [9.17, 15) is 13.2 Å². The Morgan fingerprint density at radius 2 is 1.66 bits per heavy atom. The number of ether oxygens (including phenoxy) is 2. The Labute approximate surface area is 169 Å². The third-order valence-corrected chi connectivity index (χ3v) is 5.44. The van der Waals surface area contributed by atoms with E-state index in [4.69, 9.17) is 9.47 Å². The Bertz CT molecular complexity index is 1100. The minimum absolute atomic E-state index is 0.0155. The number of sulfone groups is 1. The van der Waals surface area contributed by atoms with Crippen LogP contribution in [0.5, 0.6) is 5.75 Å². The number of nitrogens with zero attached hydrogens (tertiary/aromatic N) is 2. The van der Waals surface area contributed by atoms with Crippen molar-refractivity contribution in [1.82, 2.24) is 9.78 Å². The minimum Gasteiger partial charge on any atom is -0.497 e. The molecule has 0 aliphatic rings. The van der Waals surface area contributed by atoms with E-state index in [1.54, 1.807) is 44.5 Å². The molecule has 0 aliphatic heterocycles. The summed E-state index contributed by atoms with van der Waals surface area (Å²) < 4.78 is 35.2. The number of esters is 1. The molecule has 0 radical (unpaired) electrons. The van der Waals surface area contributed by atoms with E-state index >= 15 is 0 Å². The SMILES string of the molecule is CCOC(=O)Cn1cc(-c2ccc(OC)cc2)c(-c2ccc(S(C)(=O)=O)cc2)n1. The van der Waals surface area contributed by atoms with E-state index < -0.39 is 9.84 Å². The van der Waals surface area contributed by atoms with Crippen LogP contribution in [0.2, 0.25) is 0 Å². The van der Waals surface area contributed by atoms with Crippen LogP contribution in [-0.2, 0) is 25.9 Å². The average molecular weight is 414 g/mol. The second-order valence-corrected chi connectivity index (χ2v) is 8.43. The number of hydrogen-bond acceptors (Lipinski definition) is 6. The molecule has 0 aliphatic carbocycles. The predicted molar refractivity (Wildman–Crippen MR) is 109 cm³/mol. The fourth-order valence-corrected chi connectivity index (χ4v) is 3.53. The van der Waals surface area contributed by atoms with Crippen LogP contribution in [0.3, 0.4) is 0 Å². The van der Waals surface area contributed by atoms with E-state index in [0.717, 1.165) is 22.4 Å². The monoisotopic (exact) mass is 414 g/mol. The minimum atomic E-state index is -3.29. The van der Waals surface area contributed by atoms with Gasteiger partial charge < -0.3 is 9.47 Å². The molecule has 0 fully saturated rings. The Morgan fingerprint density at radius 3 is 2.21 bits per heavy atom. The second-order valence-electron chi connectivity index (χ2n) is 6.42. The Balaban J connectivity index is 2.05. The van der Waals surface area contributed by atoms with Crippen molar-refractivity contribution in [2.45, 2.75) is 18.4 Å². The first-order chi connectivity index (χ1) is 13.8. The Kier molecular flexibility index (Phi) is 6.03. The molecular weight excluding hydrogens is 392 g/mol. The summed E-state index contributed by atoms with van der Waals surface area (Å²) in [6.45, 7) is 2.03. The summed E-state index contributed by atoms with van der Waals surface area (Å²) >= 11 is 0. The summed E-state index contributed by atoms with van der Waals surface area (Å²) in [4.78, 5) is 12.1. The average Bonchev–Trinajstić information content (AvgIpc) is 3.11. The molecule has 29 heavy (non-hydrogen) atoms. The van der Waals surface area contributed by atoms with Crippen molar-refractivity contribution in [3.8, 4) is 28.1 Å². The molecule has 3 rings (SSSR count). The smallest absolute Gasteiger partial charge is 0.327 e. The van der Waals surface area contributed by atoms with Crippen LogP contribution in [0.1, 0.15) is 6.92 Å². The summed E-state index contributed by atoms with van der Waals surface area (Å²) in [5.74, 6) is 0.349. The summed E-state index contributed by atoms with van der Waals surface area (Å²) in [5, 5.41) is 4.55. The number of hydrogen-bond donors (Lipinski definition) is 0. The number of methoxy groups -OCH3 is 1. The molecule has 152 valence electrons. The van der Waals surface area contributed by atoms with Gasteiger partial charge in [0.1, 0.15) is 18.0 Å². The molecule has 0 saturated carbocycles. The van der Waals surface area contributed by atoms with Gasteiger partial charge in [-0.3, -0.25) is 9.48 Å². The zero-order valence-corrected chi connectivity index (χ0v) is 17.3. The van der Waals surface area contributed by atoms with Crippen molar-refractivity contribution in [3.63, 3.8) is 0 Å². The van der Waals surface area contributed by atoms with Crippen molar-refractivity contribution in [2.24, 2.45) is 0 Å². The third-order valence-electron chi connectivity index (χ3n) is 4.32. The predicted octanol–water partition coefficient (Wildman–Crippen LogP) is 3.19. The van der Waals surface area contributed by atoms with E-state index in [1.165, 1.54) is 10.9 Å². The summed E-state index contributed by atoms with van der Waals surface area (Å²) in [6, 6.07) is 14.0. The molecule has 0 N–H and O–H groups in total. The van der Waals surface area contributed by atoms with Gasteiger partial charge in [-0.1, -0.05) is 24.3 Å². The van der Waals surface area contributed by atoms with Gasteiger partial charge >= 0.3 is 5.97 Å². The van der Waals surface area contributed by atoms with Gasteiger partial charge in [-0.2, -0.15) is 5.10 Å². The van der Waals surface area contributed by atoms with Crippen LogP contribution in [0.25, 0.3) is 22.4 Å². The highest BCUT2D eigenvalue weighted by molar-refractivity contribution is 7.90. The topological polar surface area (TPSA) is 87.5 Å². The molecule has 0 unspecified atom stereocenters. The lowest BCUT2D eigenvalue weighted by molar-refractivity contribution is -0.144. The maximum Gasteiger partial charge on any atom is 0.327 e. The summed E-state index contributed by atoms with van der Waals surface area (Å²) in [7, 11) is -1.69. The van der Waals surface area contributed by atoms with Crippen LogP contribution >= 0.6 is 0 Å². The quantitative estimate of drug-likeness (QED) is 0.552. The van der Waals surface area contributed by atoms with Gasteiger partial charge in [0.05, 0.1) is 18.6 Å². The molecule has 1 heterocycles. The number of benzene rings is 2. The highest BCUT2D eigenvalue weighted by Gasteiger charge is 2.16. The molecule has 0 amide bonds. The van der Waals surface area contributed by atoms with Crippen molar-refractivity contribution in [2.75, 3.05) is 20.0 Å².